The molecule has 2 N–H and O–H groups in total. The molecule has 0 unspecified atom stereocenters. The maximum Gasteiger partial charge on any atom is 0.264 e. The molecule has 1 aliphatic rings. The number of H-pyrrole nitrogens is 1. The topological polar surface area (TPSA) is 92.7 Å². The predicted octanol–water partition coefficient (Wildman–Crippen LogP) is 2.39. The molecule has 3 heterocycles. The Kier molecular flexibility index (Phi) is 3.65. The van der Waals surface area contributed by atoms with Crippen LogP contribution in [-0.2, 0) is 4.79 Å². The van der Waals surface area contributed by atoms with E-state index in [1.54, 1.807) is 6.07 Å². The molecule has 126 valence electrons. The second kappa shape index (κ2) is 5.86. The number of anilines is 1. The van der Waals surface area contributed by atoms with E-state index < -0.39 is 0 Å². The summed E-state index contributed by atoms with van der Waals surface area (Å²) >= 11 is 6.35. The summed E-state index contributed by atoms with van der Waals surface area (Å²) in [5, 5.41) is 14.4. The Morgan fingerprint density at radius 2 is 2.00 bits per heavy atom. The van der Waals surface area contributed by atoms with Gasteiger partial charge in [-0.05, 0) is 24.6 Å². The summed E-state index contributed by atoms with van der Waals surface area (Å²) in [7, 11) is 0. The van der Waals surface area contributed by atoms with E-state index in [9.17, 15) is 9.59 Å². The van der Waals surface area contributed by atoms with E-state index in [1.165, 1.54) is 10.7 Å². The highest BCUT2D eigenvalue weighted by molar-refractivity contribution is 6.31. The Balaban J connectivity index is 1.91. The molecule has 0 radical (unpaired) electrons. The van der Waals surface area contributed by atoms with Crippen molar-refractivity contribution < 1.29 is 4.79 Å². The van der Waals surface area contributed by atoms with E-state index in [2.05, 4.69) is 20.6 Å². The third kappa shape index (κ3) is 2.62. The summed E-state index contributed by atoms with van der Waals surface area (Å²) in [6, 6.07) is 10.4. The highest BCUT2D eigenvalue weighted by atomic mass is 35.5. The van der Waals surface area contributed by atoms with Gasteiger partial charge in [0.1, 0.15) is 5.82 Å². The zero-order valence-electron chi connectivity index (χ0n) is 13.3. The number of nitrogens with zero attached hydrogens (tertiary/aromatic N) is 3. The molecule has 1 aromatic carbocycles. The smallest absolute Gasteiger partial charge is 0.264 e. The number of fused-ring (bicyclic) bond motifs is 1. The SMILES string of the molecule is Cc1nn(-c2ccc(=O)[nH]n2)c2c1[C@@H](c1ccccc1Cl)CC(=O)N2. The molecule has 0 spiro atoms. The van der Waals surface area contributed by atoms with E-state index in [0.29, 0.717) is 23.1 Å². The van der Waals surface area contributed by atoms with Gasteiger partial charge in [-0.1, -0.05) is 29.8 Å². The van der Waals surface area contributed by atoms with Crippen molar-refractivity contribution in [1.29, 1.82) is 0 Å². The Hall–Kier alpha value is -2.93. The molecule has 0 saturated heterocycles. The summed E-state index contributed by atoms with van der Waals surface area (Å²) < 4.78 is 1.53. The van der Waals surface area contributed by atoms with Crippen molar-refractivity contribution in [3.63, 3.8) is 0 Å². The Morgan fingerprint density at radius 3 is 2.72 bits per heavy atom. The second-order valence-corrected chi connectivity index (χ2v) is 6.27. The van der Waals surface area contributed by atoms with Gasteiger partial charge in [0.2, 0.25) is 5.91 Å². The number of halogens is 1. The summed E-state index contributed by atoms with van der Waals surface area (Å²) in [6.07, 6.45) is 0.294. The van der Waals surface area contributed by atoms with E-state index in [4.69, 9.17) is 11.6 Å². The second-order valence-electron chi connectivity index (χ2n) is 5.87. The highest BCUT2D eigenvalue weighted by Gasteiger charge is 2.33. The van der Waals surface area contributed by atoms with Gasteiger partial charge in [0.25, 0.3) is 5.56 Å². The number of benzene rings is 1. The van der Waals surface area contributed by atoms with Crippen molar-refractivity contribution in [2.24, 2.45) is 0 Å². The lowest BCUT2D eigenvalue weighted by molar-refractivity contribution is -0.116. The average molecular weight is 356 g/mol. The quantitative estimate of drug-likeness (QED) is 0.738. The van der Waals surface area contributed by atoms with Gasteiger partial charge in [-0.3, -0.25) is 9.59 Å². The van der Waals surface area contributed by atoms with Crippen molar-refractivity contribution in [3.8, 4) is 5.82 Å². The van der Waals surface area contributed by atoms with Crippen LogP contribution in [-0.4, -0.2) is 25.9 Å². The maximum absolute atomic E-state index is 12.3. The zero-order valence-corrected chi connectivity index (χ0v) is 14.0. The summed E-state index contributed by atoms with van der Waals surface area (Å²) in [6.45, 7) is 1.88. The van der Waals surface area contributed by atoms with Gasteiger partial charge in [0.05, 0.1) is 5.69 Å². The fraction of sp³-hybridized carbons (Fsp3) is 0.176. The lowest BCUT2D eigenvalue weighted by Gasteiger charge is -2.24. The van der Waals surface area contributed by atoms with Crippen LogP contribution in [0, 0.1) is 6.92 Å². The van der Waals surface area contributed by atoms with Crippen LogP contribution in [0.1, 0.15) is 29.2 Å². The van der Waals surface area contributed by atoms with Crippen LogP contribution in [0.5, 0.6) is 0 Å². The first-order chi connectivity index (χ1) is 12.0. The first kappa shape index (κ1) is 15.6. The van der Waals surface area contributed by atoms with Gasteiger partial charge in [-0.2, -0.15) is 14.9 Å². The number of rotatable bonds is 2. The molecular formula is C17H14ClN5O2. The molecule has 1 aliphatic heterocycles. The van der Waals surface area contributed by atoms with Gasteiger partial charge >= 0.3 is 0 Å². The zero-order chi connectivity index (χ0) is 17.6. The minimum Gasteiger partial charge on any atom is -0.310 e. The third-order valence-corrected chi connectivity index (χ3v) is 4.61. The number of aryl methyl sites for hydroxylation is 1. The molecule has 2 aromatic heterocycles. The normalized spacial score (nSPS) is 16.4. The monoisotopic (exact) mass is 355 g/mol. The number of carbonyl (C=O) groups is 1. The van der Waals surface area contributed by atoms with Crippen molar-refractivity contribution >= 4 is 23.3 Å². The maximum atomic E-state index is 12.3. The van der Waals surface area contributed by atoms with E-state index in [0.717, 1.165) is 16.8 Å². The molecule has 8 heteroatoms. The molecule has 0 aliphatic carbocycles. The number of aromatic amines is 1. The number of nitrogens with one attached hydrogen (secondary N) is 2. The standard InChI is InChI=1S/C17H14ClN5O2/c1-9-16-11(10-4-2-3-5-12(10)18)8-15(25)19-17(16)23(22-9)13-6-7-14(24)21-20-13/h2-7,11H,8H2,1H3,(H,19,25)(H,21,24)/t11-/m1/s1. The Labute approximate surface area is 147 Å². The lowest BCUT2D eigenvalue weighted by atomic mass is 9.86. The van der Waals surface area contributed by atoms with Crippen molar-refractivity contribution in [1.82, 2.24) is 20.0 Å². The van der Waals surface area contributed by atoms with Gasteiger partial charge in [-0.25, -0.2) is 5.10 Å². The van der Waals surface area contributed by atoms with Crippen LogP contribution < -0.4 is 10.9 Å². The Morgan fingerprint density at radius 1 is 1.20 bits per heavy atom. The molecule has 7 nitrogen and oxygen atoms in total. The fourth-order valence-electron chi connectivity index (χ4n) is 3.19. The van der Waals surface area contributed by atoms with Gasteiger partial charge < -0.3 is 5.32 Å². The van der Waals surface area contributed by atoms with Crippen LogP contribution in [0.2, 0.25) is 5.02 Å². The van der Waals surface area contributed by atoms with Gasteiger partial charge in [-0.15, -0.1) is 0 Å². The fourth-order valence-corrected chi connectivity index (χ4v) is 3.46. The summed E-state index contributed by atoms with van der Waals surface area (Å²) in [5.74, 6) is 0.666. The Bertz CT molecular complexity index is 1020. The van der Waals surface area contributed by atoms with Crippen LogP contribution in [0.15, 0.2) is 41.2 Å². The van der Waals surface area contributed by atoms with Crippen LogP contribution in [0.4, 0.5) is 5.82 Å². The summed E-state index contributed by atoms with van der Waals surface area (Å²) in [4.78, 5) is 23.5. The number of amides is 1. The molecule has 1 atom stereocenters. The molecule has 0 bridgehead atoms. The van der Waals surface area contributed by atoms with Crippen LogP contribution in [0.25, 0.3) is 5.82 Å². The first-order valence-electron chi connectivity index (χ1n) is 7.74. The van der Waals surface area contributed by atoms with E-state index in [1.807, 2.05) is 31.2 Å². The molecule has 0 saturated carbocycles. The molecule has 4 rings (SSSR count). The number of hydrogen-bond donors (Lipinski definition) is 2. The molecule has 25 heavy (non-hydrogen) atoms. The molecule has 3 aromatic rings. The van der Waals surface area contributed by atoms with Gasteiger partial charge in [0, 0.05) is 29.0 Å². The first-order valence-corrected chi connectivity index (χ1v) is 8.12. The predicted molar refractivity (Wildman–Crippen MR) is 93.3 cm³/mol. The van der Waals surface area contributed by atoms with Gasteiger partial charge in [0.15, 0.2) is 5.82 Å². The van der Waals surface area contributed by atoms with Crippen molar-refractivity contribution in [3.05, 3.63) is 68.6 Å². The van der Waals surface area contributed by atoms with E-state index >= 15 is 0 Å². The minimum absolute atomic E-state index is 0.122. The van der Waals surface area contributed by atoms with Crippen LogP contribution >= 0.6 is 11.6 Å². The van der Waals surface area contributed by atoms with Crippen molar-refractivity contribution in [2.45, 2.75) is 19.3 Å². The third-order valence-electron chi connectivity index (χ3n) is 4.26. The highest BCUT2D eigenvalue weighted by Crippen LogP contribution is 2.41. The van der Waals surface area contributed by atoms with Crippen molar-refractivity contribution in [2.75, 3.05) is 5.32 Å². The molecular weight excluding hydrogens is 342 g/mol. The lowest BCUT2D eigenvalue weighted by Crippen LogP contribution is -2.25. The molecule has 0 fully saturated rings. The number of hydrogen-bond acceptors (Lipinski definition) is 4. The number of carbonyl (C=O) groups excluding carboxylic acids is 1. The minimum atomic E-state index is -0.306. The summed E-state index contributed by atoms with van der Waals surface area (Å²) in [5.41, 5.74) is 2.26. The average Bonchev–Trinajstić information content (AvgIpc) is 2.92. The largest absolute Gasteiger partial charge is 0.310 e. The molecule has 1 amide bonds. The van der Waals surface area contributed by atoms with E-state index in [-0.39, 0.29) is 17.4 Å². The number of aromatic nitrogens is 4. The van der Waals surface area contributed by atoms with Crippen LogP contribution in [0.3, 0.4) is 0 Å².